The first kappa shape index (κ1) is 19.6. The van der Waals surface area contributed by atoms with E-state index in [9.17, 15) is 12.8 Å². The third-order valence-corrected chi connectivity index (χ3v) is 6.71. The number of hydrogen-bond acceptors (Lipinski definition) is 5. The van der Waals surface area contributed by atoms with E-state index in [1.807, 2.05) is 6.07 Å². The highest BCUT2D eigenvalue weighted by atomic mass is 32.2. The summed E-state index contributed by atoms with van der Waals surface area (Å²) in [5.74, 6) is 0.347. The second kappa shape index (κ2) is 7.96. The fourth-order valence-electron chi connectivity index (χ4n) is 3.37. The van der Waals surface area contributed by atoms with Crippen molar-refractivity contribution in [3.8, 4) is 5.75 Å². The average Bonchev–Trinajstić information content (AvgIpc) is 3.43. The van der Waals surface area contributed by atoms with E-state index in [1.54, 1.807) is 23.7 Å². The molecular formula is C19H22FN5O3S. The maximum Gasteiger partial charge on any atom is 0.262 e. The van der Waals surface area contributed by atoms with Gasteiger partial charge in [-0.1, -0.05) is 0 Å². The third kappa shape index (κ3) is 4.33. The molecule has 0 saturated carbocycles. The number of imidazole rings is 1. The predicted molar refractivity (Wildman–Crippen MR) is 104 cm³/mol. The molecule has 3 heterocycles. The molecule has 3 aromatic rings. The Balaban J connectivity index is 1.33. The molecule has 10 heteroatoms. The normalized spacial score (nSPS) is 17.7. The number of ether oxygens (including phenoxy) is 1. The number of aryl methyl sites for hydroxylation is 1. The lowest BCUT2D eigenvalue weighted by Gasteiger charge is -2.14. The molecule has 154 valence electrons. The summed E-state index contributed by atoms with van der Waals surface area (Å²) >= 11 is 0. The van der Waals surface area contributed by atoms with E-state index in [-0.39, 0.29) is 16.8 Å². The average molecular weight is 419 g/mol. The molecule has 1 aliphatic rings. The first-order valence-electron chi connectivity index (χ1n) is 9.32. The van der Waals surface area contributed by atoms with Crippen molar-refractivity contribution in [2.24, 2.45) is 7.05 Å². The Morgan fingerprint density at radius 2 is 2.10 bits per heavy atom. The van der Waals surface area contributed by atoms with Gasteiger partial charge in [-0.25, -0.2) is 17.8 Å². The maximum absolute atomic E-state index is 12.9. The van der Waals surface area contributed by atoms with E-state index in [1.165, 1.54) is 29.0 Å². The van der Waals surface area contributed by atoms with Crippen LogP contribution in [0.4, 0.5) is 4.39 Å². The van der Waals surface area contributed by atoms with Crippen LogP contribution in [-0.2, 0) is 23.5 Å². The number of halogens is 1. The van der Waals surface area contributed by atoms with Gasteiger partial charge < -0.3 is 9.30 Å². The highest BCUT2D eigenvalue weighted by Gasteiger charge is 2.35. The van der Waals surface area contributed by atoms with Gasteiger partial charge in [0.25, 0.3) is 10.0 Å². The highest BCUT2D eigenvalue weighted by Crippen LogP contribution is 2.30. The zero-order valence-electron chi connectivity index (χ0n) is 16.0. The van der Waals surface area contributed by atoms with Crippen LogP contribution in [0.2, 0.25) is 0 Å². The summed E-state index contributed by atoms with van der Waals surface area (Å²) in [7, 11) is -1.84. The lowest BCUT2D eigenvalue weighted by Crippen LogP contribution is -2.29. The summed E-state index contributed by atoms with van der Waals surface area (Å²) in [5, 5.41) is 7.42. The van der Waals surface area contributed by atoms with Crippen LogP contribution in [0.25, 0.3) is 0 Å². The standard InChI is InChI=1S/C19H22FN5O3S/c1-24-12-19(21-13-24)29(26,27)25-8-6-14(11-25)18-10-16(22-23-18)7-9-28-17-4-2-15(20)3-5-17/h2-5,10,12-14H,6-9,11H2,1H3,(H,22,23). The SMILES string of the molecule is Cn1cnc(S(=O)(=O)N2CCC(c3cc(CCOc4ccc(F)cc4)[nH]n3)C2)c1. The molecule has 0 radical (unpaired) electrons. The van der Waals surface area contributed by atoms with Crippen molar-refractivity contribution in [1.82, 2.24) is 24.1 Å². The first-order valence-corrected chi connectivity index (χ1v) is 10.8. The molecule has 2 aromatic heterocycles. The number of nitrogens with zero attached hydrogens (tertiary/aromatic N) is 4. The van der Waals surface area contributed by atoms with Gasteiger partial charge in [-0.15, -0.1) is 0 Å². The molecule has 4 rings (SSSR count). The molecule has 1 aliphatic heterocycles. The van der Waals surface area contributed by atoms with Crippen molar-refractivity contribution in [2.75, 3.05) is 19.7 Å². The summed E-state index contributed by atoms with van der Waals surface area (Å²) in [4.78, 5) is 3.97. The Bertz CT molecular complexity index is 1080. The number of H-pyrrole nitrogens is 1. The molecule has 1 unspecified atom stereocenters. The number of aromatic nitrogens is 4. The number of benzene rings is 1. The van der Waals surface area contributed by atoms with Crippen LogP contribution in [0.5, 0.6) is 5.75 Å². The molecule has 1 aromatic carbocycles. The van der Waals surface area contributed by atoms with Crippen LogP contribution < -0.4 is 4.74 Å². The van der Waals surface area contributed by atoms with Gasteiger partial charge in [0.05, 0.1) is 18.6 Å². The molecular weight excluding hydrogens is 397 g/mol. The van der Waals surface area contributed by atoms with Crippen molar-refractivity contribution < 1.29 is 17.5 Å². The van der Waals surface area contributed by atoms with Crippen LogP contribution >= 0.6 is 0 Å². The van der Waals surface area contributed by atoms with E-state index in [4.69, 9.17) is 4.74 Å². The number of rotatable bonds is 7. The summed E-state index contributed by atoms with van der Waals surface area (Å²) in [6.07, 6.45) is 4.32. The van der Waals surface area contributed by atoms with Gasteiger partial charge >= 0.3 is 0 Å². The third-order valence-electron chi connectivity index (χ3n) is 4.96. The van der Waals surface area contributed by atoms with Gasteiger partial charge in [0, 0.05) is 44.4 Å². The lowest BCUT2D eigenvalue weighted by atomic mass is 10.0. The van der Waals surface area contributed by atoms with Gasteiger partial charge in [0.15, 0.2) is 5.03 Å². The zero-order chi connectivity index (χ0) is 20.4. The van der Waals surface area contributed by atoms with E-state index in [0.29, 0.717) is 38.3 Å². The van der Waals surface area contributed by atoms with Crippen LogP contribution in [0, 0.1) is 5.82 Å². The van der Waals surface area contributed by atoms with Gasteiger partial charge in [-0.3, -0.25) is 5.10 Å². The van der Waals surface area contributed by atoms with E-state index in [2.05, 4.69) is 15.2 Å². The minimum Gasteiger partial charge on any atom is -0.493 e. The summed E-state index contributed by atoms with van der Waals surface area (Å²) < 4.78 is 47.0. The Labute approximate surface area is 168 Å². The molecule has 1 saturated heterocycles. The minimum absolute atomic E-state index is 0.0384. The van der Waals surface area contributed by atoms with Crippen molar-refractivity contribution in [3.05, 3.63) is 60.1 Å². The van der Waals surface area contributed by atoms with Crippen molar-refractivity contribution in [3.63, 3.8) is 0 Å². The second-order valence-corrected chi connectivity index (χ2v) is 8.98. The van der Waals surface area contributed by atoms with Crippen molar-refractivity contribution in [1.29, 1.82) is 0 Å². The van der Waals surface area contributed by atoms with Crippen molar-refractivity contribution in [2.45, 2.75) is 23.8 Å². The topological polar surface area (TPSA) is 93.1 Å². The lowest BCUT2D eigenvalue weighted by molar-refractivity contribution is 0.320. The molecule has 8 nitrogen and oxygen atoms in total. The molecule has 0 amide bonds. The number of aromatic amines is 1. The molecule has 0 bridgehead atoms. The van der Waals surface area contributed by atoms with E-state index < -0.39 is 10.0 Å². The molecule has 1 atom stereocenters. The fourth-order valence-corrected chi connectivity index (χ4v) is 4.83. The Hall–Kier alpha value is -2.72. The van der Waals surface area contributed by atoms with Crippen molar-refractivity contribution >= 4 is 10.0 Å². The first-order chi connectivity index (χ1) is 13.9. The fraction of sp³-hybridized carbons (Fsp3) is 0.368. The van der Waals surface area contributed by atoms with Gasteiger partial charge in [-0.2, -0.15) is 9.40 Å². The second-order valence-electron chi connectivity index (χ2n) is 7.10. The zero-order valence-corrected chi connectivity index (χ0v) is 16.8. The molecule has 0 spiro atoms. The van der Waals surface area contributed by atoms with Crippen LogP contribution in [-0.4, -0.2) is 52.2 Å². The van der Waals surface area contributed by atoms with Crippen LogP contribution in [0.15, 0.2) is 47.9 Å². The van der Waals surface area contributed by atoms with E-state index >= 15 is 0 Å². The molecule has 0 aliphatic carbocycles. The predicted octanol–water partition coefficient (Wildman–Crippen LogP) is 2.08. The Morgan fingerprint density at radius 1 is 1.31 bits per heavy atom. The quantitative estimate of drug-likeness (QED) is 0.633. The number of sulfonamides is 1. The maximum atomic E-state index is 12.9. The summed E-state index contributed by atoms with van der Waals surface area (Å²) in [6, 6.07) is 7.84. The highest BCUT2D eigenvalue weighted by molar-refractivity contribution is 7.89. The molecule has 1 N–H and O–H groups in total. The van der Waals surface area contributed by atoms with Crippen LogP contribution in [0.1, 0.15) is 23.7 Å². The van der Waals surface area contributed by atoms with Gasteiger partial charge in [-0.05, 0) is 36.8 Å². The number of hydrogen-bond donors (Lipinski definition) is 1. The minimum atomic E-state index is -3.58. The van der Waals surface area contributed by atoms with Crippen LogP contribution in [0.3, 0.4) is 0 Å². The summed E-state index contributed by atoms with van der Waals surface area (Å²) in [6.45, 7) is 1.26. The smallest absolute Gasteiger partial charge is 0.262 e. The van der Waals surface area contributed by atoms with Gasteiger partial charge in [0.1, 0.15) is 11.6 Å². The Morgan fingerprint density at radius 3 is 2.83 bits per heavy atom. The largest absolute Gasteiger partial charge is 0.493 e. The van der Waals surface area contributed by atoms with Gasteiger partial charge in [0.2, 0.25) is 0 Å². The molecule has 1 fully saturated rings. The Kier molecular flexibility index (Phi) is 5.37. The molecule has 29 heavy (non-hydrogen) atoms. The number of nitrogens with one attached hydrogen (secondary N) is 1. The van der Waals surface area contributed by atoms with E-state index in [0.717, 1.165) is 11.4 Å². The summed E-state index contributed by atoms with van der Waals surface area (Å²) in [5.41, 5.74) is 1.76. The monoisotopic (exact) mass is 419 g/mol.